The van der Waals surface area contributed by atoms with E-state index in [0.29, 0.717) is 12.5 Å². The molecule has 2 aliphatic carbocycles. The van der Waals surface area contributed by atoms with Gasteiger partial charge in [0.2, 0.25) is 5.91 Å². The number of hydrogen-bond donors (Lipinski definition) is 2. The summed E-state index contributed by atoms with van der Waals surface area (Å²) in [5.41, 5.74) is 6.34. The van der Waals surface area contributed by atoms with Gasteiger partial charge >= 0.3 is 0 Å². The first-order chi connectivity index (χ1) is 7.66. The van der Waals surface area contributed by atoms with E-state index in [1.165, 1.54) is 25.7 Å². The topological polar surface area (TPSA) is 58.4 Å². The molecule has 0 atom stereocenters. The van der Waals surface area contributed by atoms with Gasteiger partial charge in [0.25, 0.3) is 0 Å². The van der Waals surface area contributed by atoms with Crippen molar-refractivity contribution in [2.24, 2.45) is 11.7 Å². The van der Waals surface area contributed by atoms with Crippen molar-refractivity contribution in [1.29, 1.82) is 0 Å². The lowest BCUT2D eigenvalue weighted by Crippen LogP contribution is -2.68. The molecule has 0 radical (unpaired) electrons. The van der Waals surface area contributed by atoms with Crippen LogP contribution in [0.2, 0.25) is 0 Å². The fourth-order valence-electron chi connectivity index (χ4n) is 2.65. The highest BCUT2D eigenvalue weighted by molar-refractivity contribution is 5.76. The van der Waals surface area contributed by atoms with Crippen molar-refractivity contribution in [3.8, 4) is 0 Å². The van der Waals surface area contributed by atoms with Gasteiger partial charge in [-0.25, -0.2) is 0 Å². The van der Waals surface area contributed by atoms with Crippen molar-refractivity contribution in [2.75, 3.05) is 19.6 Å². The van der Waals surface area contributed by atoms with Gasteiger partial charge in [-0.05, 0) is 31.6 Å². The Hall–Kier alpha value is -0.610. The Balaban J connectivity index is 1.33. The molecule has 0 aromatic heterocycles. The monoisotopic (exact) mass is 223 g/mol. The molecule has 1 heterocycles. The van der Waals surface area contributed by atoms with Crippen molar-refractivity contribution in [3.63, 3.8) is 0 Å². The van der Waals surface area contributed by atoms with E-state index in [2.05, 4.69) is 10.2 Å². The lowest BCUT2D eigenvalue weighted by molar-refractivity contribution is -0.122. The first-order valence-corrected chi connectivity index (χ1v) is 6.46. The van der Waals surface area contributed by atoms with Crippen LogP contribution in [-0.4, -0.2) is 42.0 Å². The van der Waals surface area contributed by atoms with Crippen LogP contribution < -0.4 is 11.1 Å². The van der Waals surface area contributed by atoms with Crippen molar-refractivity contribution >= 4 is 5.91 Å². The predicted molar refractivity (Wildman–Crippen MR) is 61.9 cm³/mol. The van der Waals surface area contributed by atoms with Gasteiger partial charge in [0.15, 0.2) is 0 Å². The molecule has 3 rings (SSSR count). The quantitative estimate of drug-likeness (QED) is 0.694. The second-order valence-electron chi connectivity index (χ2n) is 5.81. The number of hydrogen-bond acceptors (Lipinski definition) is 3. The minimum absolute atomic E-state index is 0.0902. The summed E-state index contributed by atoms with van der Waals surface area (Å²) >= 11 is 0. The van der Waals surface area contributed by atoms with Crippen LogP contribution in [0.3, 0.4) is 0 Å². The van der Waals surface area contributed by atoms with Gasteiger partial charge in [0.1, 0.15) is 0 Å². The predicted octanol–water partition coefficient (Wildman–Crippen LogP) is 0.0782. The Morgan fingerprint density at radius 3 is 2.56 bits per heavy atom. The average molecular weight is 223 g/mol. The molecule has 0 aromatic rings. The summed E-state index contributed by atoms with van der Waals surface area (Å²) in [6.45, 7) is 2.87. The van der Waals surface area contributed by atoms with Gasteiger partial charge in [-0.3, -0.25) is 9.69 Å². The zero-order valence-electron chi connectivity index (χ0n) is 9.74. The molecule has 3 fully saturated rings. The van der Waals surface area contributed by atoms with Gasteiger partial charge in [0, 0.05) is 37.6 Å². The van der Waals surface area contributed by atoms with E-state index >= 15 is 0 Å². The smallest absolute Gasteiger partial charge is 0.221 e. The van der Waals surface area contributed by atoms with Crippen LogP contribution in [0, 0.1) is 5.92 Å². The molecule has 4 heteroatoms. The van der Waals surface area contributed by atoms with E-state index in [-0.39, 0.29) is 11.4 Å². The summed E-state index contributed by atoms with van der Waals surface area (Å²) in [5.74, 6) is 0.979. The number of carbonyl (C=O) groups excluding carboxylic acids is 1. The van der Waals surface area contributed by atoms with Gasteiger partial charge in [-0.15, -0.1) is 0 Å². The van der Waals surface area contributed by atoms with Crippen LogP contribution in [0.15, 0.2) is 0 Å². The third kappa shape index (κ3) is 2.23. The molecular weight excluding hydrogens is 202 g/mol. The standard InChI is InChI=1S/C12H21N3O/c13-12(9-1-2-9)7-15(8-12)6-5-11(16)14-10-3-4-10/h9-10H,1-8,13H2,(H,14,16). The minimum Gasteiger partial charge on any atom is -0.353 e. The summed E-state index contributed by atoms with van der Waals surface area (Å²) in [7, 11) is 0. The number of nitrogens with one attached hydrogen (secondary N) is 1. The molecule has 3 aliphatic rings. The van der Waals surface area contributed by atoms with Crippen LogP contribution in [0.1, 0.15) is 32.1 Å². The van der Waals surface area contributed by atoms with Crippen molar-refractivity contribution < 1.29 is 4.79 Å². The second kappa shape index (κ2) is 3.70. The number of nitrogens with two attached hydrogens (primary N) is 1. The molecule has 1 amide bonds. The summed E-state index contributed by atoms with van der Waals surface area (Å²) in [5, 5.41) is 3.02. The van der Waals surface area contributed by atoms with E-state index in [1.54, 1.807) is 0 Å². The Bertz CT molecular complexity index is 291. The third-order valence-corrected chi connectivity index (χ3v) is 4.02. The third-order valence-electron chi connectivity index (χ3n) is 4.02. The molecule has 4 nitrogen and oxygen atoms in total. The Morgan fingerprint density at radius 1 is 1.31 bits per heavy atom. The normalized spacial score (nSPS) is 28.6. The second-order valence-corrected chi connectivity index (χ2v) is 5.81. The van der Waals surface area contributed by atoms with Crippen LogP contribution in [0.25, 0.3) is 0 Å². The van der Waals surface area contributed by atoms with E-state index in [9.17, 15) is 4.79 Å². The van der Waals surface area contributed by atoms with Crippen LogP contribution in [0.4, 0.5) is 0 Å². The maximum Gasteiger partial charge on any atom is 0.221 e. The first-order valence-electron chi connectivity index (χ1n) is 6.46. The van der Waals surface area contributed by atoms with E-state index < -0.39 is 0 Å². The molecule has 0 spiro atoms. The molecule has 3 N–H and O–H groups in total. The van der Waals surface area contributed by atoms with Gasteiger partial charge in [0.05, 0.1) is 0 Å². The molecule has 0 unspecified atom stereocenters. The number of carbonyl (C=O) groups is 1. The lowest BCUT2D eigenvalue weighted by Gasteiger charge is -2.48. The van der Waals surface area contributed by atoms with Crippen LogP contribution >= 0.6 is 0 Å². The average Bonchev–Trinajstić information content (AvgIpc) is 2.99. The summed E-state index contributed by atoms with van der Waals surface area (Å²) < 4.78 is 0. The fraction of sp³-hybridized carbons (Fsp3) is 0.917. The summed E-state index contributed by atoms with van der Waals surface area (Å²) in [6.07, 6.45) is 5.60. The molecule has 16 heavy (non-hydrogen) atoms. The maximum atomic E-state index is 11.5. The molecule has 0 aromatic carbocycles. The summed E-state index contributed by atoms with van der Waals surface area (Å²) in [6, 6.07) is 0.490. The van der Waals surface area contributed by atoms with E-state index in [4.69, 9.17) is 5.73 Å². The first kappa shape index (κ1) is 10.5. The largest absolute Gasteiger partial charge is 0.353 e. The molecule has 1 saturated heterocycles. The molecule has 2 saturated carbocycles. The Labute approximate surface area is 96.5 Å². The maximum absolute atomic E-state index is 11.5. The van der Waals surface area contributed by atoms with Crippen LogP contribution in [0.5, 0.6) is 0 Å². The highest BCUT2D eigenvalue weighted by Gasteiger charge is 2.49. The van der Waals surface area contributed by atoms with E-state index in [1.807, 2.05) is 0 Å². The van der Waals surface area contributed by atoms with Gasteiger partial charge < -0.3 is 11.1 Å². The minimum atomic E-state index is 0.0902. The SMILES string of the molecule is NC1(C2CC2)CN(CCC(=O)NC2CC2)C1. The van der Waals surface area contributed by atoms with Crippen molar-refractivity contribution in [3.05, 3.63) is 0 Å². The van der Waals surface area contributed by atoms with Gasteiger partial charge in [-0.2, -0.15) is 0 Å². The Kier molecular flexibility index (Phi) is 2.44. The number of nitrogens with zero attached hydrogens (tertiary/aromatic N) is 1. The molecule has 1 aliphatic heterocycles. The van der Waals surface area contributed by atoms with E-state index in [0.717, 1.165) is 25.6 Å². The van der Waals surface area contributed by atoms with Crippen molar-refractivity contribution in [1.82, 2.24) is 10.2 Å². The highest BCUT2D eigenvalue weighted by atomic mass is 16.1. The number of rotatable bonds is 5. The number of amides is 1. The van der Waals surface area contributed by atoms with Crippen LogP contribution in [-0.2, 0) is 4.79 Å². The lowest BCUT2D eigenvalue weighted by atomic mass is 9.85. The fourth-order valence-corrected chi connectivity index (χ4v) is 2.65. The highest BCUT2D eigenvalue weighted by Crippen LogP contribution is 2.42. The number of likely N-dealkylation sites (tertiary alicyclic amines) is 1. The zero-order valence-corrected chi connectivity index (χ0v) is 9.74. The molecule has 90 valence electrons. The van der Waals surface area contributed by atoms with Gasteiger partial charge in [-0.1, -0.05) is 0 Å². The summed E-state index contributed by atoms with van der Waals surface area (Å²) in [4.78, 5) is 13.8. The Morgan fingerprint density at radius 2 is 2.00 bits per heavy atom. The molecule has 0 bridgehead atoms. The molecular formula is C12H21N3O. The van der Waals surface area contributed by atoms with Crippen molar-refractivity contribution in [2.45, 2.75) is 43.7 Å². The zero-order chi connectivity index (χ0) is 11.2.